The molecular weight excluding hydrogens is 304 g/mol. The number of carbonyl (C=O) groups excluding carboxylic acids is 1. The third-order valence-electron chi connectivity index (χ3n) is 5.67. The lowest BCUT2D eigenvalue weighted by atomic mass is 9.81. The number of hydrogen-bond acceptors (Lipinski definition) is 6. The number of likely N-dealkylation sites (tertiary alicyclic amines) is 1. The summed E-state index contributed by atoms with van der Waals surface area (Å²) < 4.78 is 0. The van der Waals surface area contributed by atoms with Crippen LogP contribution < -0.4 is 16.2 Å². The number of anilines is 1. The number of amides is 1. The Morgan fingerprint density at radius 3 is 2.79 bits per heavy atom. The van der Waals surface area contributed by atoms with Gasteiger partial charge in [-0.1, -0.05) is 12.8 Å². The Labute approximate surface area is 142 Å². The average Bonchev–Trinajstić information content (AvgIpc) is 3.07. The van der Waals surface area contributed by atoms with Crippen LogP contribution in [-0.4, -0.2) is 52.2 Å². The van der Waals surface area contributed by atoms with Gasteiger partial charge in [0.1, 0.15) is 11.9 Å². The Hall–Kier alpha value is -1.73. The molecule has 0 spiro atoms. The second-order valence-electron chi connectivity index (χ2n) is 7.17. The molecule has 3 heterocycles. The first-order valence-corrected chi connectivity index (χ1v) is 9.15. The van der Waals surface area contributed by atoms with Crippen molar-refractivity contribution >= 4 is 11.7 Å². The number of hydrogen-bond donors (Lipinski definition) is 3. The van der Waals surface area contributed by atoms with Crippen molar-refractivity contribution in [3.63, 3.8) is 0 Å². The third-order valence-corrected chi connectivity index (χ3v) is 5.67. The second-order valence-corrected chi connectivity index (χ2v) is 7.17. The predicted molar refractivity (Wildman–Crippen MR) is 91.1 cm³/mol. The first-order chi connectivity index (χ1) is 11.8. The van der Waals surface area contributed by atoms with E-state index in [4.69, 9.17) is 0 Å². The first-order valence-electron chi connectivity index (χ1n) is 9.15. The summed E-state index contributed by atoms with van der Waals surface area (Å²) in [6.45, 7) is 1.62. The molecule has 7 heteroatoms. The molecular formula is C17H26N6O. The number of fused-ring (bicyclic) bond motifs is 1. The molecule has 7 nitrogen and oxygen atoms in total. The zero-order valence-electron chi connectivity index (χ0n) is 13.9. The number of nitrogens with one attached hydrogen (secondary N) is 3. The Kier molecular flexibility index (Phi) is 4.62. The first kappa shape index (κ1) is 15.8. The highest BCUT2D eigenvalue weighted by atomic mass is 16.2. The molecule has 3 unspecified atom stereocenters. The largest absolute Gasteiger partial charge is 0.366 e. The Bertz CT molecular complexity index is 559. The smallest absolute Gasteiger partial charge is 0.241 e. The van der Waals surface area contributed by atoms with Crippen LogP contribution in [0.25, 0.3) is 0 Å². The molecule has 4 rings (SSSR count). The molecule has 0 radical (unpaired) electrons. The van der Waals surface area contributed by atoms with Gasteiger partial charge in [0.15, 0.2) is 0 Å². The molecule has 1 aromatic rings. The fraction of sp³-hybridized carbons (Fsp3) is 0.706. The van der Waals surface area contributed by atoms with Crippen molar-refractivity contribution in [3.8, 4) is 0 Å². The lowest BCUT2D eigenvalue weighted by Crippen LogP contribution is -2.51. The lowest BCUT2D eigenvalue weighted by Gasteiger charge is -2.35. The normalized spacial score (nSPS) is 30.8. The van der Waals surface area contributed by atoms with Gasteiger partial charge < -0.3 is 10.2 Å². The summed E-state index contributed by atoms with van der Waals surface area (Å²) >= 11 is 0. The molecule has 24 heavy (non-hydrogen) atoms. The van der Waals surface area contributed by atoms with Crippen LogP contribution in [0.2, 0.25) is 0 Å². The summed E-state index contributed by atoms with van der Waals surface area (Å²) in [5.41, 5.74) is 6.62. The second kappa shape index (κ2) is 7.03. The van der Waals surface area contributed by atoms with Crippen LogP contribution in [0.5, 0.6) is 0 Å². The number of hydrazine groups is 1. The average molecular weight is 330 g/mol. The van der Waals surface area contributed by atoms with Crippen LogP contribution in [0.4, 0.5) is 5.82 Å². The lowest BCUT2D eigenvalue weighted by molar-refractivity contribution is -0.135. The van der Waals surface area contributed by atoms with E-state index in [2.05, 4.69) is 26.4 Å². The number of carbonyl (C=O) groups is 1. The standard InChI is InChI=1S/C17H26N6O/c24-17(16-13-4-1-2-5-14(13)20-22-16)23-10-7-12(8-11-23)19-15-6-3-9-18-21-15/h3,6,9,12-14,16,20,22H,1-2,4-5,7-8,10-11H2,(H,19,21). The zero-order valence-corrected chi connectivity index (χ0v) is 13.9. The maximum absolute atomic E-state index is 12.9. The molecule has 3 aliphatic rings. The van der Waals surface area contributed by atoms with Gasteiger partial charge in [-0.15, -0.1) is 5.10 Å². The Morgan fingerprint density at radius 2 is 2.00 bits per heavy atom. The van der Waals surface area contributed by atoms with Gasteiger partial charge in [0.05, 0.1) is 0 Å². The van der Waals surface area contributed by atoms with E-state index in [9.17, 15) is 4.79 Å². The predicted octanol–water partition coefficient (Wildman–Crippen LogP) is 0.915. The van der Waals surface area contributed by atoms with Crippen LogP contribution >= 0.6 is 0 Å². The molecule has 1 saturated carbocycles. The van der Waals surface area contributed by atoms with Gasteiger partial charge in [0, 0.05) is 37.3 Å². The summed E-state index contributed by atoms with van der Waals surface area (Å²) in [6, 6.07) is 4.61. The molecule has 3 atom stereocenters. The molecule has 1 amide bonds. The molecule has 3 N–H and O–H groups in total. The monoisotopic (exact) mass is 330 g/mol. The van der Waals surface area contributed by atoms with Crippen LogP contribution in [0.1, 0.15) is 38.5 Å². The van der Waals surface area contributed by atoms with Crippen molar-refractivity contribution in [2.24, 2.45) is 5.92 Å². The summed E-state index contributed by atoms with van der Waals surface area (Å²) in [5.74, 6) is 1.55. The Morgan fingerprint density at radius 1 is 1.17 bits per heavy atom. The molecule has 0 aromatic carbocycles. The summed E-state index contributed by atoms with van der Waals surface area (Å²) in [6.07, 6.45) is 8.45. The topological polar surface area (TPSA) is 82.2 Å². The van der Waals surface area contributed by atoms with Gasteiger partial charge in [-0.05, 0) is 37.8 Å². The number of rotatable bonds is 3. The van der Waals surface area contributed by atoms with Crippen molar-refractivity contribution < 1.29 is 4.79 Å². The van der Waals surface area contributed by atoms with Gasteiger partial charge in [-0.2, -0.15) is 5.10 Å². The number of nitrogens with zero attached hydrogens (tertiary/aromatic N) is 3. The highest BCUT2D eigenvalue weighted by Crippen LogP contribution is 2.31. The van der Waals surface area contributed by atoms with E-state index in [-0.39, 0.29) is 11.9 Å². The van der Waals surface area contributed by atoms with E-state index in [0.717, 1.165) is 38.2 Å². The van der Waals surface area contributed by atoms with E-state index >= 15 is 0 Å². The van der Waals surface area contributed by atoms with Gasteiger partial charge >= 0.3 is 0 Å². The third kappa shape index (κ3) is 3.23. The van der Waals surface area contributed by atoms with Crippen LogP contribution in [-0.2, 0) is 4.79 Å². The minimum Gasteiger partial charge on any atom is -0.366 e. The van der Waals surface area contributed by atoms with Crippen LogP contribution in [0, 0.1) is 5.92 Å². The maximum Gasteiger partial charge on any atom is 0.241 e. The van der Waals surface area contributed by atoms with Crippen LogP contribution in [0.3, 0.4) is 0 Å². The molecule has 1 aliphatic carbocycles. The molecule has 0 bridgehead atoms. The van der Waals surface area contributed by atoms with Crippen molar-refractivity contribution in [1.29, 1.82) is 0 Å². The van der Waals surface area contributed by atoms with E-state index in [1.54, 1.807) is 6.20 Å². The van der Waals surface area contributed by atoms with Crippen LogP contribution in [0.15, 0.2) is 18.3 Å². The minimum absolute atomic E-state index is 0.0419. The number of piperidine rings is 1. The van der Waals surface area contributed by atoms with Gasteiger partial charge in [-0.25, -0.2) is 5.43 Å². The van der Waals surface area contributed by atoms with Crippen molar-refractivity contribution in [3.05, 3.63) is 18.3 Å². The van der Waals surface area contributed by atoms with Gasteiger partial charge in [0.25, 0.3) is 0 Å². The summed E-state index contributed by atoms with van der Waals surface area (Å²) in [7, 11) is 0. The minimum atomic E-state index is -0.0419. The maximum atomic E-state index is 12.9. The number of aromatic nitrogens is 2. The highest BCUT2D eigenvalue weighted by molar-refractivity contribution is 5.82. The van der Waals surface area contributed by atoms with E-state index < -0.39 is 0 Å². The SMILES string of the molecule is O=C(C1NNC2CCCCC21)N1CCC(Nc2cccnn2)CC1. The van der Waals surface area contributed by atoms with Crippen molar-refractivity contribution in [2.75, 3.05) is 18.4 Å². The van der Waals surface area contributed by atoms with Gasteiger partial charge in [0.2, 0.25) is 5.91 Å². The van der Waals surface area contributed by atoms with Crippen molar-refractivity contribution in [1.82, 2.24) is 25.9 Å². The Balaban J connectivity index is 1.30. The fourth-order valence-corrected chi connectivity index (χ4v) is 4.32. The van der Waals surface area contributed by atoms with E-state index in [0.29, 0.717) is 18.0 Å². The summed E-state index contributed by atoms with van der Waals surface area (Å²) in [5, 5.41) is 11.4. The fourth-order valence-electron chi connectivity index (χ4n) is 4.32. The van der Waals surface area contributed by atoms with E-state index in [1.165, 1.54) is 19.3 Å². The molecule has 1 aromatic heterocycles. The zero-order chi connectivity index (χ0) is 16.4. The summed E-state index contributed by atoms with van der Waals surface area (Å²) in [4.78, 5) is 14.9. The molecule has 130 valence electrons. The molecule has 3 fully saturated rings. The molecule has 2 saturated heterocycles. The molecule has 2 aliphatic heterocycles. The van der Waals surface area contributed by atoms with Gasteiger partial charge in [-0.3, -0.25) is 10.2 Å². The van der Waals surface area contributed by atoms with Crippen molar-refractivity contribution in [2.45, 2.75) is 56.7 Å². The van der Waals surface area contributed by atoms with E-state index in [1.807, 2.05) is 17.0 Å². The quantitative estimate of drug-likeness (QED) is 0.764. The highest BCUT2D eigenvalue weighted by Gasteiger charge is 2.42.